The molecular weight excluding hydrogens is 511 g/mol. The van der Waals surface area contributed by atoms with Crippen LogP contribution in [0.25, 0.3) is 0 Å². The molecule has 1 unspecified atom stereocenters. The Morgan fingerprint density at radius 3 is 2.42 bits per heavy atom. The van der Waals surface area contributed by atoms with Crippen LogP contribution < -0.4 is 14.4 Å². The molecule has 1 aliphatic rings. The van der Waals surface area contributed by atoms with Gasteiger partial charge in [-0.15, -0.1) is 0 Å². The highest BCUT2D eigenvalue weighted by atomic mass is 32.2. The third kappa shape index (κ3) is 4.84. The van der Waals surface area contributed by atoms with Gasteiger partial charge in [0.25, 0.3) is 15.9 Å². The van der Waals surface area contributed by atoms with Crippen LogP contribution in [0.15, 0.2) is 65.6 Å². The molecular formula is C23H17F5N2O5S. The standard InChI is InChI=1S/C23H17F5N2O5S/c24-13-4-7-16(8-5-13)36(33,34)30-11-15(12-31)35-20-9-6-14(10-19(20)30)29-22(32)21-17(23(26,27)28)2-1-3-18(21)25/h1-10,15,31H,11-12H2,(H,29,32). The second-order valence-corrected chi connectivity index (χ2v) is 9.57. The molecule has 0 saturated carbocycles. The van der Waals surface area contributed by atoms with E-state index in [1.807, 2.05) is 0 Å². The molecule has 4 rings (SSSR count). The van der Waals surface area contributed by atoms with Gasteiger partial charge in [-0.3, -0.25) is 9.10 Å². The Kier molecular flexibility index (Phi) is 6.62. The van der Waals surface area contributed by atoms with E-state index < -0.39 is 57.6 Å². The van der Waals surface area contributed by atoms with Crippen molar-refractivity contribution in [2.75, 3.05) is 22.8 Å². The molecule has 0 aromatic heterocycles. The highest BCUT2D eigenvalue weighted by molar-refractivity contribution is 7.92. The molecule has 1 aliphatic heterocycles. The molecule has 1 heterocycles. The summed E-state index contributed by atoms with van der Waals surface area (Å²) in [4.78, 5) is 12.3. The molecule has 36 heavy (non-hydrogen) atoms. The Bertz CT molecular complexity index is 1410. The first-order valence-electron chi connectivity index (χ1n) is 10.3. The number of sulfonamides is 1. The van der Waals surface area contributed by atoms with Crippen molar-refractivity contribution in [3.63, 3.8) is 0 Å². The monoisotopic (exact) mass is 528 g/mol. The molecule has 3 aromatic carbocycles. The van der Waals surface area contributed by atoms with E-state index in [9.17, 15) is 40.3 Å². The van der Waals surface area contributed by atoms with E-state index in [0.29, 0.717) is 12.1 Å². The predicted octanol–water partition coefficient (Wildman–Crippen LogP) is 4.18. The fourth-order valence-electron chi connectivity index (χ4n) is 3.63. The molecule has 0 spiro atoms. The number of benzene rings is 3. The molecule has 0 saturated heterocycles. The van der Waals surface area contributed by atoms with Crippen LogP contribution in [0.3, 0.4) is 0 Å². The van der Waals surface area contributed by atoms with Gasteiger partial charge in [-0.2, -0.15) is 13.2 Å². The third-order valence-electron chi connectivity index (χ3n) is 5.30. The van der Waals surface area contributed by atoms with E-state index in [-0.39, 0.29) is 28.6 Å². The summed E-state index contributed by atoms with van der Waals surface area (Å²) in [5.74, 6) is -3.47. The number of anilines is 2. The molecule has 0 bridgehead atoms. The lowest BCUT2D eigenvalue weighted by molar-refractivity contribution is -0.138. The highest BCUT2D eigenvalue weighted by Gasteiger charge is 2.38. The zero-order valence-corrected chi connectivity index (χ0v) is 18.9. The smallest absolute Gasteiger partial charge is 0.417 e. The molecule has 13 heteroatoms. The second-order valence-electron chi connectivity index (χ2n) is 7.71. The number of nitrogens with zero attached hydrogens (tertiary/aromatic N) is 1. The first-order valence-corrected chi connectivity index (χ1v) is 11.7. The molecule has 7 nitrogen and oxygen atoms in total. The first-order chi connectivity index (χ1) is 16.9. The largest absolute Gasteiger partial charge is 0.484 e. The van der Waals surface area contributed by atoms with Crippen LogP contribution in [0.2, 0.25) is 0 Å². The average Bonchev–Trinajstić information content (AvgIpc) is 2.82. The van der Waals surface area contributed by atoms with Crippen molar-refractivity contribution in [1.29, 1.82) is 0 Å². The van der Waals surface area contributed by atoms with Crippen LogP contribution in [-0.4, -0.2) is 38.7 Å². The van der Waals surface area contributed by atoms with Gasteiger partial charge in [0, 0.05) is 5.69 Å². The number of alkyl halides is 3. The van der Waals surface area contributed by atoms with Gasteiger partial charge >= 0.3 is 6.18 Å². The lowest BCUT2D eigenvalue weighted by atomic mass is 10.1. The maximum Gasteiger partial charge on any atom is 0.417 e. The van der Waals surface area contributed by atoms with Crippen LogP contribution in [-0.2, 0) is 16.2 Å². The lowest BCUT2D eigenvalue weighted by Gasteiger charge is -2.35. The zero-order chi connectivity index (χ0) is 26.3. The van der Waals surface area contributed by atoms with E-state index in [4.69, 9.17) is 4.74 Å². The minimum atomic E-state index is -5.00. The molecule has 2 N–H and O–H groups in total. The number of amides is 1. The molecule has 0 aliphatic carbocycles. The summed E-state index contributed by atoms with van der Waals surface area (Å²) in [7, 11) is -4.31. The minimum Gasteiger partial charge on any atom is -0.484 e. The number of carbonyl (C=O) groups is 1. The number of carbonyl (C=O) groups excluding carboxylic acids is 1. The molecule has 0 fully saturated rings. The lowest BCUT2D eigenvalue weighted by Crippen LogP contribution is -2.45. The van der Waals surface area contributed by atoms with Crippen molar-refractivity contribution < 1.29 is 45.0 Å². The van der Waals surface area contributed by atoms with E-state index >= 15 is 0 Å². The molecule has 3 aromatic rings. The van der Waals surface area contributed by atoms with Gasteiger partial charge in [-0.05, 0) is 54.6 Å². The number of fused-ring (bicyclic) bond motifs is 1. The fourth-order valence-corrected chi connectivity index (χ4v) is 5.13. The maximum atomic E-state index is 14.2. The summed E-state index contributed by atoms with van der Waals surface area (Å²) in [5.41, 5.74) is -2.96. The van der Waals surface area contributed by atoms with E-state index in [1.165, 1.54) is 12.1 Å². The van der Waals surface area contributed by atoms with Crippen molar-refractivity contribution in [2.45, 2.75) is 17.2 Å². The number of nitrogens with one attached hydrogen (secondary N) is 1. The van der Waals surface area contributed by atoms with Crippen molar-refractivity contribution in [3.8, 4) is 5.75 Å². The van der Waals surface area contributed by atoms with Crippen LogP contribution >= 0.6 is 0 Å². The average molecular weight is 528 g/mol. The van der Waals surface area contributed by atoms with Crippen LogP contribution in [0.4, 0.5) is 33.3 Å². The quantitative estimate of drug-likeness (QED) is 0.485. The number of ether oxygens (including phenoxy) is 1. The zero-order valence-electron chi connectivity index (χ0n) is 18.1. The van der Waals surface area contributed by atoms with Crippen molar-refractivity contribution in [2.24, 2.45) is 0 Å². The van der Waals surface area contributed by atoms with Gasteiger partial charge in [-0.1, -0.05) is 6.07 Å². The molecule has 190 valence electrons. The number of aliphatic hydroxyl groups excluding tert-OH is 1. The van der Waals surface area contributed by atoms with E-state index in [0.717, 1.165) is 40.7 Å². The third-order valence-corrected chi connectivity index (χ3v) is 7.09. The number of halogens is 5. The number of aliphatic hydroxyl groups is 1. The highest BCUT2D eigenvalue weighted by Crippen LogP contribution is 2.39. The predicted molar refractivity (Wildman–Crippen MR) is 118 cm³/mol. The second kappa shape index (κ2) is 9.39. The van der Waals surface area contributed by atoms with Gasteiger partial charge < -0.3 is 15.2 Å². The van der Waals surface area contributed by atoms with Gasteiger partial charge in [-0.25, -0.2) is 17.2 Å². The SMILES string of the molecule is O=C(Nc1ccc2c(c1)N(S(=O)(=O)c1ccc(F)cc1)CC(CO)O2)c1c(F)cccc1C(F)(F)F. The summed E-state index contributed by atoms with van der Waals surface area (Å²) in [6.45, 7) is -0.896. The molecule has 0 radical (unpaired) electrons. The Balaban J connectivity index is 1.73. The van der Waals surface area contributed by atoms with Crippen molar-refractivity contribution in [3.05, 3.63) is 83.4 Å². The fraction of sp³-hybridized carbons (Fsp3) is 0.174. The van der Waals surface area contributed by atoms with Gasteiger partial charge in [0.1, 0.15) is 23.5 Å². The Morgan fingerprint density at radius 2 is 1.78 bits per heavy atom. The van der Waals surface area contributed by atoms with Crippen LogP contribution in [0, 0.1) is 11.6 Å². The topological polar surface area (TPSA) is 95.9 Å². The summed E-state index contributed by atoms with van der Waals surface area (Å²) in [5, 5.41) is 11.7. The number of hydrogen-bond acceptors (Lipinski definition) is 5. The summed E-state index contributed by atoms with van der Waals surface area (Å²) < 4.78 is 100. The van der Waals surface area contributed by atoms with Crippen molar-refractivity contribution >= 4 is 27.3 Å². The van der Waals surface area contributed by atoms with Gasteiger partial charge in [0.05, 0.1) is 34.9 Å². The normalized spacial score (nSPS) is 15.7. The summed E-state index contributed by atoms with van der Waals surface area (Å²) >= 11 is 0. The Hall–Kier alpha value is -3.71. The van der Waals surface area contributed by atoms with Crippen LogP contribution in [0.5, 0.6) is 5.75 Å². The summed E-state index contributed by atoms with van der Waals surface area (Å²) in [6.07, 6.45) is -5.96. The van der Waals surface area contributed by atoms with E-state index in [2.05, 4.69) is 5.32 Å². The molecule has 1 amide bonds. The minimum absolute atomic E-state index is 0.00846. The summed E-state index contributed by atoms with van der Waals surface area (Å²) in [6, 6.07) is 9.63. The van der Waals surface area contributed by atoms with Crippen molar-refractivity contribution in [1.82, 2.24) is 0 Å². The van der Waals surface area contributed by atoms with Crippen LogP contribution in [0.1, 0.15) is 15.9 Å². The maximum absolute atomic E-state index is 14.2. The number of rotatable bonds is 5. The first kappa shape index (κ1) is 25.4. The molecule has 1 atom stereocenters. The van der Waals surface area contributed by atoms with E-state index in [1.54, 1.807) is 0 Å². The Morgan fingerprint density at radius 1 is 1.08 bits per heavy atom. The number of hydrogen-bond donors (Lipinski definition) is 2. The van der Waals surface area contributed by atoms with Gasteiger partial charge in [0.2, 0.25) is 0 Å². The van der Waals surface area contributed by atoms with Gasteiger partial charge in [0.15, 0.2) is 0 Å². The Labute approximate surface area is 201 Å².